The summed E-state index contributed by atoms with van der Waals surface area (Å²) in [4.78, 5) is 71.8. The number of carbonyl (C=O) groups excluding carboxylic acids is 3. The van der Waals surface area contributed by atoms with E-state index in [2.05, 4.69) is 0 Å². The molecule has 2 aromatic rings. The first-order valence-electron chi connectivity index (χ1n) is 14.1. The monoisotopic (exact) mass is 837 g/mol. The molecule has 0 saturated carbocycles. The molecule has 0 fully saturated rings. The van der Waals surface area contributed by atoms with E-state index >= 15 is 0 Å². The second-order valence-corrected chi connectivity index (χ2v) is 11.7. The summed E-state index contributed by atoms with van der Waals surface area (Å²) in [5.41, 5.74) is 2.68. The average molecular weight is 837 g/mol. The van der Waals surface area contributed by atoms with Gasteiger partial charge in [0.25, 0.3) is 7.82 Å². The standard InChI is InChI=1S/C29H38N3O14P.Gd/c33-25(34)15-30(11-12-31(16-26(35)36)17-27(37)38)14-24(32(18-28(39)40)19-29(41)42)20-46-47(43,44)45-13-10-21-6-8-23(9-7-21)22-4-2-1-3-5-22;/h1-9,24H,10-20H2,(H,33,34)(H,35,36)(H,37,38)(H,39,40)(H,41,42)(H,43,44);/p-4. The van der Waals surface area contributed by atoms with Gasteiger partial charge in [0.05, 0.1) is 44.2 Å². The van der Waals surface area contributed by atoms with Crippen LogP contribution in [0.4, 0.5) is 0 Å². The number of carboxylic acids is 5. The van der Waals surface area contributed by atoms with Crippen LogP contribution in [0.1, 0.15) is 5.56 Å². The van der Waals surface area contributed by atoms with E-state index in [0.29, 0.717) is 0 Å². The molecule has 0 heterocycles. The zero-order valence-corrected chi connectivity index (χ0v) is 28.7. The molecule has 19 heteroatoms. The maximum Gasteiger partial charge on any atom is 0.317 e. The fourth-order valence-corrected chi connectivity index (χ4v) is 5.24. The zero-order valence-electron chi connectivity index (χ0n) is 25.5. The third-order valence-electron chi connectivity index (χ3n) is 6.58. The molecule has 2 N–H and O–H groups in total. The van der Waals surface area contributed by atoms with Crippen LogP contribution < -0.4 is 20.2 Å². The minimum atomic E-state index is -5.07. The first kappa shape index (κ1) is 43.1. The van der Waals surface area contributed by atoms with Crippen molar-refractivity contribution >= 4 is 37.7 Å². The van der Waals surface area contributed by atoms with Crippen LogP contribution in [0.3, 0.4) is 0 Å². The third kappa shape index (κ3) is 18.0. The molecule has 48 heavy (non-hydrogen) atoms. The normalized spacial score (nSPS) is 13.1. The molecule has 0 aliphatic heterocycles. The topological polar surface area (TPSA) is 263 Å². The van der Waals surface area contributed by atoms with E-state index in [0.717, 1.165) is 31.4 Å². The van der Waals surface area contributed by atoms with Crippen LogP contribution in [0, 0.1) is 39.9 Å². The van der Waals surface area contributed by atoms with E-state index in [1.165, 1.54) is 0 Å². The summed E-state index contributed by atoms with van der Waals surface area (Å²) in [5, 5.41) is 52.2. The van der Waals surface area contributed by atoms with Gasteiger partial charge in [-0.15, -0.1) is 0 Å². The predicted octanol–water partition coefficient (Wildman–Crippen LogP) is -3.91. The van der Waals surface area contributed by atoms with Crippen molar-refractivity contribution < 1.29 is 108 Å². The van der Waals surface area contributed by atoms with Crippen molar-refractivity contribution in [2.75, 3.05) is 65.6 Å². The van der Waals surface area contributed by atoms with E-state index in [-0.39, 0.29) is 66.1 Å². The van der Waals surface area contributed by atoms with Crippen LogP contribution in [0.15, 0.2) is 54.6 Å². The number of benzene rings is 2. The van der Waals surface area contributed by atoms with E-state index in [4.69, 9.17) is 14.2 Å². The Morgan fingerprint density at radius 2 is 1.21 bits per heavy atom. The molecule has 2 atom stereocenters. The molecular formula is C29H34GdN3O14P-4. The summed E-state index contributed by atoms with van der Waals surface area (Å²) in [5.74, 6) is -7.89. The minimum Gasteiger partial charge on any atom is -0.756 e. The second kappa shape index (κ2) is 21.9. The molecule has 2 rings (SSSR count). The van der Waals surface area contributed by atoms with Crippen LogP contribution in [0.2, 0.25) is 0 Å². The van der Waals surface area contributed by atoms with E-state index < -0.39 is 89.6 Å². The number of phosphoric acid groups is 1. The van der Waals surface area contributed by atoms with Gasteiger partial charge in [0.15, 0.2) is 0 Å². The molecule has 0 bridgehead atoms. The molecule has 0 spiro atoms. The van der Waals surface area contributed by atoms with Crippen molar-refractivity contribution in [1.82, 2.24) is 14.7 Å². The summed E-state index contributed by atoms with van der Waals surface area (Å²) in [7, 11) is -5.07. The fourth-order valence-electron chi connectivity index (χ4n) is 4.50. The molecule has 0 aromatic heterocycles. The summed E-state index contributed by atoms with van der Waals surface area (Å²) in [6, 6.07) is 15.4. The van der Waals surface area contributed by atoms with E-state index in [9.17, 15) is 53.9 Å². The van der Waals surface area contributed by atoms with Gasteiger partial charge in [-0.25, -0.2) is 0 Å². The summed E-state index contributed by atoms with van der Waals surface area (Å²) >= 11 is 0. The van der Waals surface area contributed by atoms with Crippen molar-refractivity contribution in [3.8, 4) is 11.1 Å². The van der Waals surface area contributed by atoms with Crippen LogP contribution in [0.25, 0.3) is 11.1 Å². The van der Waals surface area contributed by atoms with Gasteiger partial charge in [0.2, 0.25) is 0 Å². The molecule has 0 radical (unpaired) electrons. The van der Waals surface area contributed by atoms with Gasteiger partial charge in [0, 0.05) is 85.3 Å². The van der Waals surface area contributed by atoms with Gasteiger partial charge >= 0.3 is 11.9 Å². The van der Waals surface area contributed by atoms with Crippen molar-refractivity contribution in [2.45, 2.75) is 12.5 Å². The SMILES string of the molecule is O=C([O-])CN(CCN(CC(=O)O)CC(COP(=O)([O-])OCCc1ccc(-c2ccccc2)cc1)N(CC(=O)[O-])CC(=O)[O-])CC(=O)O.[Gd]. The first-order chi connectivity index (χ1) is 22.1. The Morgan fingerprint density at radius 1 is 0.708 bits per heavy atom. The third-order valence-corrected chi connectivity index (χ3v) is 7.54. The largest absolute Gasteiger partial charge is 0.756 e. The molecule has 2 aromatic carbocycles. The number of carbonyl (C=O) groups is 5. The predicted molar refractivity (Wildman–Crippen MR) is 154 cm³/mol. The average Bonchev–Trinajstić information content (AvgIpc) is 2.97. The molecule has 0 amide bonds. The number of phosphoric ester groups is 1. The summed E-state index contributed by atoms with van der Waals surface area (Å²) in [6.45, 7) is -6.77. The molecule has 266 valence electrons. The quantitative estimate of drug-likeness (QED) is 0.0957. The number of nitrogens with zero attached hydrogens (tertiary/aromatic N) is 3. The fraction of sp³-hybridized carbons (Fsp3) is 0.414. The molecule has 0 aliphatic rings. The maximum atomic E-state index is 12.6. The van der Waals surface area contributed by atoms with Crippen LogP contribution in [-0.4, -0.2) is 126 Å². The first-order valence-corrected chi connectivity index (χ1v) is 15.6. The Hall–Kier alpha value is -2.90. The second-order valence-electron chi connectivity index (χ2n) is 10.3. The van der Waals surface area contributed by atoms with Gasteiger partial charge < -0.3 is 53.9 Å². The molecule has 2 unspecified atom stereocenters. The van der Waals surface area contributed by atoms with E-state index in [1.807, 2.05) is 42.5 Å². The summed E-state index contributed by atoms with van der Waals surface area (Å²) in [6.07, 6.45) is 0.167. The van der Waals surface area contributed by atoms with Gasteiger partial charge in [-0.3, -0.25) is 28.9 Å². The van der Waals surface area contributed by atoms with Crippen LogP contribution in [-0.2, 0) is 44.0 Å². The van der Waals surface area contributed by atoms with Crippen molar-refractivity contribution in [2.24, 2.45) is 0 Å². The molecule has 0 saturated heterocycles. The van der Waals surface area contributed by atoms with E-state index in [1.54, 1.807) is 12.1 Å². The van der Waals surface area contributed by atoms with Gasteiger partial charge in [-0.1, -0.05) is 54.6 Å². The Balaban J connectivity index is 0.0000115. The van der Waals surface area contributed by atoms with Crippen molar-refractivity contribution in [1.29, 1.82) is 0 Å². The Kier molecular flexibility index (Phi) is 19.7. The summed E-state index contributed by atoms with van der Waals surface area (Å²) < 4.78 is 22.5. The Labute approximate surface area is 308 Å². The Bertz CT molecular complexity index is 1370. The number of hydrogen-bond acceptors (Lipinski definition) is 15. The number of rotatable bonds is 24. The molecule has 17 nitrogen and oxygen atoms in total. The van der Waals surface area contributed by atoms with Crippen LogP contribution in [0.5, 0.6) is 0 Å². The number of carboxylic acid groups (broad SMARTS) is 5. The van der Waals surface area contributed by atoms with Crippen LogP contribution >= 0.6 is 7.82 Å². The molecule has 0 aliphatic carbocycles. The smallest absolute Gasteiger partial charge is 0.317 e. The molecular weight excluding hydrogens is 803 g/mol. The number of hydrogen-bond donors (Lipinski definition) is 2. The Morgan fingerprint density at radius 3 is 1.73 bits per heavy atom. The minimum absolute atomic E-state index is 0. The van der Waals surface area contributed by atoms with Gasteiger partial charge in [0.1, 0.15) is 0 Å². The zero-order chi connectivity index (χ0) is 35.0. The van der Waals surface area contributed by atoms with Crippen molar-refractivity contribution in [3.63, 3.8) is 0 Å². The maximum absolute atomic E-state index is 12.6. The van der Waals surface area contributed by atoms with Gasteiger partial charge in [-0.2, -0.15) is 0 Å². The van der Waals surface area contributed by atoms with Crippen molar-refractivity contribution in [3.05, 3.63) is 60.2 Å². The number of aliphatic carboxylic acids is 5. The van der Waals surface area contributed by atoms with Gasteiger partial charge in [-0.05, 0) is 23.1 Å².